The van der Waals surface area contributed by atoms with Gasteiger partial charge >= 0.3 is 6.01 Å². The third-order valence-corrected chi connectivity index (χ3v) is 3.12. The van der Waals surface area contributed by atoms with Gasteiger partial charge in [-0.2, -0.15) is 4.98 Å². The maximum atomic E-state index is 11.3. The fourth-order valence-electron chi connectivity index (χ4n) is 2.17. The van der Waals surface area contributed by atoms with Gasteiger partial charge in [0.05, 0.1) is 13.2 Å². The Labute approximate surface area is 115 Å². The van der Waals surface area contributed by atoms with E-state index in [2.05, 4.69) is 4.98 Å². The summed E-state index contributed by atoms with van der Waals surface area (Å²) in [5.41, 5.74) is -0.434. The Morgan fingerprint density at radius 2 is 2.30 bits per heavy atom. The van der Waals surface area contributed by atoms with Crippen molar-refractivity contribution in [2.75, 3.05) is 20.3 Å². The number of hydrogen-bond donors (Lipinski definition) is 2. The summed E-state index contributed by atoms with van der Waals surface area (Å²) in [6.45, 7) is 1.75. The van der Waals surface area contributed by atoms with Gasteiger partial charge in [-0.1, -0.05) is 0 Å². The Morgan fingerprint density at radius 1 is 1.55 bits per heavy atom. The van der Waals surface area contributed by atoms with Crippen LogP contribution in [0.4, 0.5) is 0 Å². The number of aromatic nitrogens is 2. The van der Waals surface area contributed by atoms with Gasteiger partial charge in [-0.3, -0.25) is 9.36 Å². The van der Waals surface area contributed by atoms with Gasteiger partial charge in [0, 0.05) is 19.4 Å². The molecular weight excluding hydrogens is 268 g/mol. The lowest BCUT2D eigenvalue weighted by atomic mass is 10.1. The summed E-state index contributed by atoms with van der Waals surface area (Å²) in [5.74, 6) is 0. The van der Waals surface area contributed by atoms with Crippen molar-refractivity contribution in [2.45, 2.75) is 31.5 Å². The second kappa shape index (κ2) is 6.31. The summed E-state index contributed by atoms with van der Waals surface area (Å²) in [6, 6.07) is 1.34. The first-order valence-corrected chi connectivity index (χ1v) is 6.31. The van der Waals surface area contributed by atoms with Crippen molar-refractivity contribution in [1.82, 2.24) is 9.55 Å². The van der Waals surface area contributed by atoms with Crippen molar-refractivity contribution < 1.29 is 24.4 Å². The Morgan fingerprint density at radius 3 is 2.90 bits per heavy atom. The van der Waals surface area contributed by atoms with Crippen LogP contribution in [-0.4, -0.2) is 58.4 Å². The van der Waals surface area contributed by atoms with E-state index >= 15 is 0 Å². The van der Waals surface area contributed by atoms with Gasteiger partial charge in [0.1, 0.15) is 18.3 Å². The fourth-order valence-corrected chi connectivity index (χ4v) is 2.17. The zero-order chi connectivity index (χ0) is 14.7. The highest BCUT2D eigenvalue weighted by Gasteiger charge is 2.45. The van der Waals surface area contributed by atoms with Crippen LogP contribution in [-0.2, 0) is 9.47 Å². The molecule has 0 bridgehead atoms. The van der Waals surface area contributed by atoms with Crippen LogP contribution in [0.2, 0.25) is 0 Å². The molecule has 1 aliphatic rings. The zero-order valence-corrected chi connectivity index (χ0v) is 11.3. The topological polar surface area (TPSA) is 103 Å². The molecule has 0 saturated carbocycles. The van der Waals surface area contributed by atoms with Crippen LogP contribution in [0.15, 0.2) is 17.1 Å². The molecule has 0 amide bonds. The molecule has 1 saturated heterocycles. The first-order chi connectivity index (χ1) is 9.62. The number of aliphatic hydroxyl groups excluding tert-OH is 2. The average molecular weight is 286 g/mol. The normalized spacial score (nSPS) is 29.6. The number of aliphatic hydroxyl groups is 2. The van der Waals surface area contributed by atoms with Crippen molar-refractivity contribution in [3.63, 3.8) is 0 Å². The summed E-state index contributed by atoms with van der Waals surface area (Å²) < 4.78 is 17.5. The van der Waals surface area contributed by atoms with Crippen LogP contribution in [0.1, 0.15) is 13.2 Å². The summed E-state index contributed by atoms with van der Waals surface area (Å²) in [5, 5.41) is 19.2. The zero-order valence-electron chi connectivity index (χ0n) is 11.3. The number of rotatable bonds is 5. The second-order valence-corrected chi connectivity index (χ2v) is 4.33. The van der Waals surface area contributed by atoms with E-state index in [4.69, 9.17) is 14.2 Å². The summed E-state index contributed by atoms with van der Waals surface area (Å²) in [6.07, 6.45) is -1.72. The van der Waals surface area contributed by atoms with Crippen LogP contribution in [0, 0.1) is 0 Å². The van der Waals surface area contributed by atoms with Gasteiger partial charge in [-0.05, 0) is 6.92 Å². The molecule has 20 heavy (non-hydrogen) atoms. The largest absolute Gasteiger partial charge is 0.465 e. The lowest BCUT2D eigenvalue weighted by Gasteiger charge is -2.22. The van der Waals surface area contributed by atoms with Crippen molar-refractivity contribution in [2.24, 2.45) is 0 Å². The highest BCUT2D eigenvalue weighted by Crippen LogP contribution is 2.32. The third kappa shape index (κ3) is 2.68. The Hall–Kier alpha value is -1.48. The van der Waals surface area contributed by atoms with E-state index in [9.17, 15) is 15.0 Å². The van der Waals surface area contributed by atoms with Crippen molar-refractivity contribution >= 4 is 0 Å². The molecule has 2 heterocycles. The van der Waals surface area contributed by atoms with E-state index in [0.29, 0.717) is 6.61 Å². The maximum absolute atomic E-state index is 11.3. The lowest BCUT2D eigenvalue weighted by molar-refractivity contribution is -0.0644. The highest BCUT2D eigenvalue weighted by atomic mass is 16.6. The van der Waals surface area contributed by atoms with E-state index in [-0.39, 0.29) is 12.6 Å². The fraction of sp³-hybridized carbons (Fsp3) is 0.667. The minimum atomic E-state index is -0.982. The molecule has 0 aromatic carbocycles. The molecule has 0 radical (unpaired) electrons. The van der Waals surface area contributed by atoms with Gasteiger partial charge in [0.15, 0.2) is 6.23 Å². The number of methoxy groups -OCH3 is 1. The lowest BCUT2D eigenvalue weighted by Crippen LogP contribution is -2.35. The molecule has 1 aromatic rings. The van der Waals surface area contributed by atoms with E-state index < -0.39 is 30.1 Å². The molecule has 112 valence electrons. The number of ether oxygens (including phenoxy) is 3. The van der Waals surface area contributed by atoms with Crippen LogP contribution in [0.25, 0.3) is 0 Å². The van der Waals surface area contributed by atoms with Gasteiger partial charge < -0.3 is 24.4 Å². The van der Waals surface area contributed by atoms with Crippen LogP contribution in [0.5, 0.6) is 6.01 Å². The van der Waals surface area contributed by atoms with Crippen molar-refractivity contribution in [1.29, 1.82) is 0 Å². The minimum Gasteiger partial charge on any atom is -0.465 e. The highest BCUT2D eigenvalue weighted by molar-refractivity contribution is 5.04. The maximum Gasteiger partial charge on any atom is 0.301 e. The second-order valence-electron chi connectivity index (χ2n) is 4.33. The Bertz CT molecular complexity index is 505. The summed E-state index contributed by atoms with van der Waals surface area (Å²) in [7, 11) is 1.43. The first-order valence-electron chi connectivity index (χ1n) is 6.31. The van der Waals surface area contributed by atoms with Crippen LogP contribution >= 0.6 is 0 Å². The molecule has 8 heteroatoms. The molecule has 1 aliphatic heterocycles. The van der Waals surface area contributed by atoms with Crippen molar-refractivity contribution in [3.05, 3.63) is 22.6 Å². The predicted octanol–water partition coefficient (Wildman–Crippen LogP) is -1.09. The Balaban J connectivity index is 2.37. The molecule has 1 aromatic heterocycles. The molecule has 8 nitrogen and oxygen atoms in total. The predicted molar refractivity (Wildman–Crippen MR) is 67.5 cm³/mol. The van der Waals surface area contributed by atoms with Gasteiger partial charge in [0.2, 0.25) is 0 Å². The minimum absolute atomic E-state index is 0.0813. The molecule has 1 unspecified atom stereocenters. The van der Waals surface area contributed by atoms with E-state index in [1.54, 1.807) is 6.92 Å². The van der Waals surface area contributed by atoms with E-state index in [1.165, 1.54) is 23.9 Å². The smallest absolute Gasteiger partial charge is 0.301 e. The molecule has 0 spiro atoms. The quantitative estimate of drug-likeness (QED) is 0.708. The summed E-state index contributed by atoms with van der Waals surface area (Å²) in [4.78, 5) is 15.1. The molecule has 0 aliphatic carbocycles. The third-order valence-electron chi connectivity index (χ3n) is 3.12. The summed E-state index contributed by atoms with van der Waals surface area (Å²) >= 11 is 0. The number of nitrogens with zero attached hydrogens (tertiary/aromatic N) is 2. The average Bonchev–Trinajstić information content (AvgIpc) is 2.75. The molecule has 2 rings (SSSR count). The molecule has 1 fully saturated rings. The Kier molecular flexibility index (Phi) is 4.71. The van der Waals surface area contributed by atoms with Gasteiger partial charge in [-0.25, -0.2) is 0 Å². The van der Waals surface area contributed by atoms with Crippen LogP contribution < -0.4 is 10.3 Å². The van der Waals surface area contributed by atoms with Crippen LogP contribution in [0.3, 0.4) is 0 Å². The number of hydrogen-bond acceptors (Lipinski definition) is 7. The van der Waals surface area contributed by atoms with E-state index in [0.717, 1.165) is 0 Å². The van der Waals surface area contributed by atoms with E-state index in [1.807, 2.05) is 0 Å². The monoisotopic (exact) mass is 286 g/mol. The SMILES string of the molecule is CCOc1nc(=O)ccn1[C@@H]1O[C@H](CO)C(O)[C@@H]1OC. The molecule has 2 N–H and O–H groups in total. The first kappa shape index (κ1) is 14.9. The van der Waals surface area contributed by atoms with Gasteiger partial charge in [-0.15, -0.1) is 0 Å². The van der Waals surface area contributed by atoms with Crippen molar-refractivity contribution in [3.8, 4) is 6.01 Å². The molecule has 4 atom stereocenters. The molecular formula is C12H18N2O6. The van der Waals surface area contributed by atoms with Gasteiger partial charge in [0.25, 0.3) is 5.56 Å². The standard InChI is InChI=1S/C12H18N2O6/c1-3-19-12-13-8(16)4-5-14(12)11-10(18-2)9(17)7(6-15)20-11/h4-5,7,9-11,15,17H,3,6H2,1-2H3/t7-,9?,10+,11-/m1/s1.